The van der Waals surface area contributed by atoms with E-state index in [9.17, 15) is 4.79 Å². The van der Waals surface area contributed by atoms with Crippen molar-refractivity contribution in [2.24, 2.45) is 5.73 Å². The number of nitrogens with zero attached hydrogens (tertiary/aromatic N) is 1. The summed E-state index contributed by atoms with van der Waals surface area (Å²) in [5.74, 6) is 2.25. The van der Waals surface area contributed by atoms with E-state index in [0.717, 1.165) is 23.5 Å². The molecule has 2 unspecified atom stereocenters. The molecule has 1 aliphatic heterocycles. The van der Waals surface area contributed by atoms with E-state index >= 15 is 0 Å². The molecule has 0 aliphatic carbocycles. The molecular weight excluding hydrogens is 244 g/mol. The van der Waals surface area contributed by atoms with Gasteiger partial charge in [0.15, 0.2) is 0 Å². The highest BCUT2D eigenvalue weighted by Gasteiger charge is 2.27. The quantitative estimate of drug-likeness (QED) is 0.897. The first-order valence-electron chi connectivity index (χ1n) is 6.32. The lowest BCUT2D eigenvalue weighted by Crippen LogP contribution is -2.47. The Morgan fingerprint density at radius 1 is 1.50 bits per heavy atom. The number of hydrogen-bond donors (Lipinski definition) is 1. The molecular formula is C14H20N2OS. The van der Waals surface area contributed by atoms with Gasteiger partial charge in [-0.3, -0.25) is 4.79 Å². The number of amides is 1. The molecule has 0 radical (unpaired) electrons. The van der Waals surface area contributed by atoms with Crippen molar-refractivity contribution in [1.29, 1.82) is 0 Å². The molecule has 1 saturated heterocycles. The standard InChI is InChI=1S/C14H20N2OS/c1-16(12-7-8-18-10-12)14(17)13(15)9-11-5-3-2-4-6-11/h2-6,12-13H,7-10,15H2,1H3. The molecule has 0 spiro atoms. The third-order valence-electron chi connectivity index (χ3n) is 3.42. The minimum atomic E-state index is -0.428. The number of hydrogen-bond acceptors (Lipinski definition) is 3. The molecule has 2 atom stereocenters. The summed E-state index contributed by atoms with van der Waals surface area (Å²) >= 11 is 1.91. The number of carbonyl (C=O) groups excluding carboxylic acids is 1. The average Bonchev–Trinajstić information content (AvgIpc) is 2.92. The molecule has 0 aromatic heterocycles. The molecule has 1 aliphatic rings. The zero-order chi connectivity index (χ0) is 13.0. The van der Waals surface area contributed by atoms with E-state index < -0.39 is 6.04 Å². The van der Waals surface area contributed by atoms with Crippen LogP contribution in [0.15, 0.2) is 30.3 Å². The Kier molecular flexibility index (Phi) is 4.66. The molecule has 18 heavy (non-hydrogen) atoms. The number of thioether (sulfide) groups is 1. The first kappa shape index (κ1) is 13.4. The van der Waals surface area contributed by atoms with Crippen molar-refractivity contribution >= 4 is 17.7 Å². The van der Waals surface area contributed by atoms with E-state index in [1.54, 1.807) is 0 Å². The van der Waals surface area contributed by atoms with Crippen molar-refractivity contribution in [2.75, 3.05) is 18.6 Å². The Morgan fingerprint density at radius 3 is 2.83 bits per heavy atom. The summed E-state index contributed by atoms with van der Waals surface area (Å²) < 4.78 is 0. The van der Waals surface area contributed by atoms with Gasteiger partial charge in [-0.1, -0.05) is 30.3 Å². The highest BCUT2D eigenvalue weighted by atomic mass is 32.2. The summed E-state index contributed by atoms with van der Waals surface area (Å²) in [4.78, 5) is 14.1. The van der Waals surface area contributed by atoms with E-state index in [1.165, 1.54) is 0 Å². The molecule has 1 aromatic rings. The maximum Gasteiger partial charge on any atom is 0.239 e. The molecule has 2 rings (SSSR count). The minimum absolute atomic E-state index is 0.0614. The Bertz CT molecular complexity index is 390. The Morgan fingerprint density at radius 2 is 2.22 bits per heavy atom. The van der Waals surface area contributed by atoms with Gasteiger partial charge >= 0.3 is 0 Å². The highest BCUT2D eigenvalue weighted by Crippen LogP contribution is 2.21. The first-order valence-corrected chi connectivity index (χ1v) is 7.48. The summed E-state index contributed by atoms with van der Waals surface area (Å²) in [5.41, 5.74) is 7.14. The lowest BCUT2D eigenvalue weighted by Gasteiger charge is -2.26. The summed E-state index contributed by atoms with van der Waals surface area (Å²) in [7, 11) is 1.88. The molecule has 0 saturated carbocycles. The van der Waals surface area contributed by atoms with Crippen molar-refractivity contribution in [3.8, 4) is 0 Å². The summed E-state index contributed by atoms with van der Waals surface area (Å²) in [6, 6.07) is 9.89. The van der Waals surface area contributed by atoms with E-state index in [1.807, 2.05) is 54.0 Å². The molecule has 1 aromatic carbocycles. The normalized spacial score (nSPS) is 20.7. The fraction of sp³-hybridized carbons (Fsp3) is 0.500. The molecule has 2 N–H and O–H groups in total. The van der Waals surface area contributed by atoms with Gasteiger partial charge in [0, 0.05) is 18.8 Å². The van der Waals surface area contributed by atoms with Crippen molar-refractivity contribution < 1.29 is 4.79 Å². The zero-order valence-corrected chi connectivity index (χ0v) is 11.5. The highest BCUT2D eigenvalue weighted by molar-refractivity contribution is 7.99. The van der Waals surface area contributed by atoms with E-state index in [-0.39, 0.29) is 5.91 Å². The molecule has 4 heteroatoms. The molecule has 1 fully saturated rings. The van der Waals surface area contributed by atoms with E-state index in [2.05, 4.69) is 0 Å². The van der Waals surface area contributed by atoms with Crippen molar-refractivity contribution in [2.45, 2.75) is 24.9 Å². The molecule has 98 valence electrons. The maximum atomic E-state index is 12.2. The second kappa shape index (κ2) is 6.25. The van der Waals surface area contributed by atoms with Crippen LogP contribution in [-0.2, 0) is 11.2 Å². The van der Waals surface area contributed by atoms with Crippen LogP contribution in [0.4, 0.5) is 0 Å². The molecule has 0 bridgehead atoms. The van der Waals surface area contributed by atoms with Gasteiger partial charge in [0.1, 0.15) is 0 Å². The maximum absolute atomic E-state index is 12.2. The predicted octanol–water partition coefficient (Wildman–Crippen LogP) is 1.52. The van der Waals surface area contributed by atoms with Crippen LogP contribution >= 0.6 is 11.8 Å². The van der Waals surface area contributed by atoms with Crippen molar-refractivity contribution in [3.05, 3.63) is 35.9 Å². The van der Waals surface area contributed by atoms with Crippen LogP contribution in [-0.4, -0.2) is 41.4 Å². The molecule has 1 amide bonds. The fourth-order valence-corrected chi connectivity index (χ4v) is 3.49. The first-order chi connectivity index (χ1) is 8.68. The Hall–Kier alpha value is -1.00. The Labute approximate surface area is 113 Å². The van der Waals surface area contributed by atoms with Gasteiger partial charge in [0.05, 0.1) is 6.04 Å². The molecule has 1 heterocycles. The smallest absolute Gasteiger partial charge is 0.239 e. The largest absolute Gasteiger partial charge is 0.341 e. The monoisotopic (exact) mass is 264 g/mol. The van der Waals surface area contributed by atoms with Crippen LogP contribution in [0.2, 0.25) is 0 Å². The second-order valence-electron chi connectivity index (χ2n) is 4.76. The lowest BCUT2D eigenvalue weighted by atomic mass is 10.0. The van der Waals surface area contributed by atoms with Gasteiger partial charge in [-0.25, -0.2) is 0 Å². The number of carbonyl (C=O) groups is 1. The predicted molar refractivity (Wildman–Crippen MR) is 76.6 cm³/mol. The van der Waals surface area contributed by atoms with Crippen LogP contribution < -0.4 is 5.73 Å². The van der Waals surface area contributed by atoms with Crippen LogP contribution in [0.25, 0.3) is 0 Å². The zero-order valence-electron chi connectivity index (χ0n) is 10.7. The van der Waals surface area contributed by atoms with Crippen molar-refractivity contribution in [1.82, 2.24) is 4.90 Å². The third kappa shape index (κ3) is 3.27. The van der Waals surface area contributed by atoms with Crippen LogP contribution in [0.1, 0.15) is 12.0 Å². The number of benzene rings is 1. The van der Waals surface area contributed by atoms with Crippen LogP contribution in [0, 0.1) is 0 Å². The molecule has 3 nitrogen and oxygen atoms in total. The van der Waals surface area contributed by atoms with Crippen molar-refractivity contribution in [3.63, 3.8) is 0 Å². The van der Waals surface area contributed by atoms with Gasteiger partial charge in [-0.15, -0.1) is 0 Å². The van der Waals surface area contributed by atoms with Gasteiger partial charge in [0.25, 0.3) is 0 Å². The van der Waals surface area contributed by atoms with Crippen LogP contribution in [0.3, 0.4) is 0 Å². The number of nitrogens with two attached hydrogens (primary N) is 1. The fourth-order valence-electron chi connectivity index (χ4n) is 2.22. The van der Waals surface area contributed by atoms with Gasteiger partial charge in [-0.2, -0.15) is 11.8 Å². The number of likely N-dealkylation sites (N-methyl/N-ethyl adjacent to an activating group) is 1. The second-order valence-corrected chi connectivity index (χ2v) is 5.91. The SMILES string of the molecule is CN(C(=O)C(N)Cc1ccccc1)C1CCSC1. The Balaban J connectivity index is 1.91. The topological polar surface area (TPSA) is 46.3 Å². The van der Waals surface area contributed by atoms with E-state index in [0.29, 0.717) is 12.5 Å². The summed E-state index contributed by atoms with van der Waals surface area (Å²) in [6.07, 6.45) is 1.70. The summed E-state index contributed by atoms with van der Waals surface area (Å²) in [5, 5.41) is 0. The third-order valence-corrected chi connectivity index (χ3v) is 4.56. The van der Waals surface area contributed by atoms with Gasteiger partial charge in [-0.05, 0) is 24.2 Å². The van der Waals surface area contributed by atoms with E-state index in [4.69, 9.17) is 5.73 Å². The minimum Gasteiger partial charge on any atom is -0.341 e. The van der Waals surface area contributed by atoms with Crippen LogP contribution in [0.5, 0.6) is 0 Å². The average molecular weight is 264 g/mol. The summed E-state index contributed by atoms with van der Waals surface area (Å²) in [6.45, 7) is 0. The number of rotatable bonds is 4. The van der Waals surface area contributed by atoms with Gasteiger partial charge < -0.3 is 10.6 Å². The van der Waals surface area contributed by atoms with Gasteiger partial charge in [0.2, 0.25) is 5.91 Å². The lowest BCUT2D eigenvalue weighted by molar-refractivity contribution is -0.132.